The molecule has 106 valence electrons. The van der Waals surface area contributed by atoms with Crippen molar-refractivity contribution in [1.82, 2.24) is 10.3 Å². The van der Waals surface area contributed by atoms with Crippen LogP contribution in [-0.2, 0) is 6.54 Å². The van der Waals surface area contributed by atoms with Gasteiger partial charge in [-0.05, 0) is 25.6 Å². The number of nitrogens with zero attached hydrogens (tertiary/aromatic N) is 1. The molecule has 0 saturated carbocycles. The molecule has 1 aromatic heterocycles. The van der Waals surface area contributed by atoms with E-state index in [1.807, 2.05) is 18.4 Å². The second-order valence-electron chi connectivity index (χ2n) is 5.08. The van der Waals surface area contributed by atoms with E-state index >= 15 is 0 Å². The van der Waals surface area contributed by atoms with Gasteiger partial charge < -0.3 is 5.32 Å². The number of nitrogens with one attached hydrogen (secondary N) is 1. The van der Waals surface area contributed by atoms with Gasteiger partial charge >= 0.3 is 0 Å². The number of thioether (sulfide) groups is 1. The molecule has 1 unspecified atom stereocenters. The van der Waals surface area contributed by atoms with Gasteiger partial charge in [0, 0.05) is 17.0 Å². The second-order valence-corrected chi connectivity index (χ2v) is 7.50. The molecule has 1 atom stereocenters. The Bertz CT molecular complexity index is 545. The van der Waals surface area contributed by atoms with Crippen molar-refractivity contribution in [2.75, 3.05) is 12.8 Å². The molecule has 20 heavy (non-hydrogen) atoms. The lowest BCUT2D eigenvalue weighted by atomic mass is 10.1. The first-order chi connectivity index (χ1) is 9.88. The van der Waals surface area contributed by atoms with Crippen LogP contribution in [-0.4, -0.2) is 17.8 Å². The number of hydrogen-bond acceptors (Lipinski definition) is 4. The van der Waals surface area contributed by atoms with Gasteiger partial charge in [0.15, 0.2) is 0 Å². The minimum atomic E-state index is 0.613. The number of benzene rings is 1. The predicted molar refractivity (Wildman–Crippen MR) is 89.4 cm³/mol. The quantitative estimate of drug-likeness (QED) is 0.901. The molecule has 1 saturated heterocycles. The van der Waals surface area contributed by atoms with E-state index in [9.17, 15) is 0 Å². The smallest absolute Gasteiger partial charge is 0.107 e. The summed E-state index contributed by atoms with van der Waals surface area (Å²) >= 11 is 3.97. The Labute approximate surface area is 129 Å². The Balaban J connectivity index is 1.93. The summed E-state index contributed by atoms with van der Waals surface area (Å²) < 4.78 is 0. The van der Waals surface area contributed by atoms with Crippen LogP contribution in [0.25, 0.3) is 11.3 Å². The van der Waals surface area contributed by atoms with Crippen LogP contribution in [0, 0.1) is 0 Å². The lowest BCUT2D eigenvalue weighted by Gasteiger charge is -2.18. The lowest BCUT2D eigenvalue weighted by Crippen LogP contribution is -2.04. The standard InChI is InChI=1S/C16H20N2S2/c1-17-11-14-15(12-7-3-2-4-8-12)18-16(20-14)13-9-5-6-10-19-13/h2-4,7-8,13,17H,5-6,9-11H2,1H3. The fourth-order valence-electron chi connectivity index (χ4n) is 2.55. The van der Waals surface area contributed by atoms with Gasteiger partial charge in [-0.3, -0.25) is 0 Å². The van der Waals surface area contributed by atoms with Crippen molar-refractivity contribution in [3.63, 3.8) is 0 Å². The van der Waals surface area contributed by atoms with Crippen LogP contribution in [0.3, 0.4) is 0 Å². The van der Waals surface area contributed by atoms with Gasteiger partial charge in [0.2, 0.25) is 0 Å². The summed E-state index contributed by atoms with van der Waals surface area (Å²) in [6, 6.07) is 10.6. The molecule has 0 radical (unpaired) electrons. The molecule has 1 N–H and O–H groups in total. The molecule has 1 aromatic carbocycles. The first-order valence-corrected chi connectivity index (χ1v) is 9.06. The maximum Gasteiger partial charge on any atom is 0.107 e. The highest BCUT2D eigenvalue weighted by Crippen LogP contribution is 2.42. The number of aromatic nitrogens is 1. The van der Waals surface area contributed by atoms with Crippen LogP contribution < -0.4 is 5.32 Å². The van der Waals surface area contributed by atoms with Gasteiger partial charge in [-0.15, -0.1) is 11.3 Å². The van der Waals surface area contributed by atoms with Gasteiger partial charge in [-0.2, -0.15) is 11.8 Å². The third-order valence-electron chi connectivity index (χ3n) is 3.55. The number of hydrogen-bond donors (Lipinski definition) is 1. The van der Waals surface area contributed by atoms with Crippen LogP contribution in [0.5, 0.6) is 0 Å². The molecule has 2 aromatic rings. The SMILES string of the molecule is CNCc1sc(C2CCCCS2)nc1-c1ccccc1. The van der Waals surface area contributed by atoms with E-state index in [2.05, 4.69) is 47.4 Å². The third-order valence-corrected chi connectivity index (χ3v) is 6.26. The molecule has 2 heterocycles. The van der Waals surface area contributed by atoms with Crippen molar-refractivity contribution in [3.8, 4) is 11.3 Å². The molecular formula is C16H20N2S2. The Morgan fingerprint density at radius 2 is 2.10 bits per heavy atom. The van der Waals surface area contributed by atoms with Crippen LogP contribution in [0.4, 0.5) is 0 Å². The fraction of sp³-hybridized carbons (Fsp3) is 0.438. The highest BCUT2D eigenvalue weighted by Gasteiger charge is 2.22. The van der Waals surface area contributed by atoms with E-state index in [-0.39, 0.29) is 0 Å². The van der Waals surface area contributed by atoms with Crippen molar-refractivity contribution in [1.29, 1.82) is 0 Å². The molecule has 0 amide bonds. The van der Waals surface area contributed by atoms with E-state index in [0.717, 1.165) is 6.54 Å². The summed E-state index contributed by atoms with van der Waals surface area (Å²) in [5.74, 6) is 1.28. The van der Waals surface area contributed by atoms with E-state index in [1.165, 1.54) is 46.2 Å². The number of thiazole rings is 1. The average Bonchev–Trinajstić information content (AvgIpc) is 2.94. The monoisotopic (exact) mass is 304 g/mol. The molecule has 0 aliphatic carbocycles. The summed E-state index contributed by atoms with van der Waals surface area (Å²) in [5.41, 5.74) is 2.41. The highest BCUT2D eigenvalue weighted by atomic mass is 32.2. The number of rotatable bonds is 4. The predicted octanol–water partition coefficient (Wildman–Crippen LogP) is 4.49. The van der Waals surface area contributed by atoms with Crippen LogP contribution in [0.1, 0.15) is 34.4 Å². The fourth-order valence-corrected chi connectivity index (χ4v) is 5.19. The van der Waals surface area contributed by atoms with Crippen LogP contribution in [0.15, 0.2) is 30.3 Å². The zero-order valence-corrected chi connectivity index (χ0v) is 13.4. The van der Waals surface area contributed by atoms with E-state index in [0.29, 0.717) is 5.25 Å². The summed E-state index contributed by atoms with van der Waals surface area (Å²) in [7, 11) is 2.00. The van der Waals surface area contributed by atoms with Gasteiger partial charge in [0.1, 0.15) is 5.01 Å². The molecule has 0 spiro atoms. The van der Waals surface area contributed by atoms with Crippen molar-refractivity contribution in [3.05, 3.63) is 40.2 Å². The molecule has 4 heteroatoms. The topological polar surface area (TPSA) is 24.9 Å². The highest BCUT2D eigenvalue weighted by molar-refractivity contribution is 7.99. The Kier molecular flexibility index (Phi) is 4.76. The summed E-state index contributed by atoms with van der Waals surface area (Å²) in [6.07, 6.45) is 3.99. The second kappa shape index (κ2) is 6.74. The minimum Gasteiger partial charge on any atom is -0.315 e. The van der Waals surface area contributed by atoms with Gasteiger partial charge in [-0.25, -0.2) is 4.98 Å². The minimum absolute atomic E-state index is 0.613. The molecule has 1 aliphatic rings. The van der Waals surface area contributed by atoms with Gasteiger partial charge in [0.25, 0.3) is 0 Å². The molecule has 2 nitrogen and oxygen atoms in total. The third kappa shape index (κ3) is 3.08. The summed E-state index contributed by atoms with van der Waals surface area (Å²) in [5, 5.41) is 5.21. The summed E-state index contributed by atoms with van der Waals surface area (Å²) in [4.78, 5) is 6.34. The average molecular weight is 304 g/mol. The maximum atomic E-state index is 4.98. The van der Waals surface area contributed by atoms with Gasteiger partial charge in [-0.1, -0.05) is 36.8 Å². The van der Waals surface area contributed by atoms with Crippen molar-refractivity contribution in [2.45, 2.75) is 31.1 Å². The maximum absolute atomic E-state index is 4.98. The Hall–Kier alpha value is -0.840. The van der Waals surface area contributed by atoms with Crippen molar-refractivity contribution >= 4 is 23.1 Å². The molecule has 1 aliphatic heterocycles. The van der Waals surface area contributed by atoms with E-state index in [1.54, 1.807) is 0 Å². The molecule has 1 fully saturated rings. The van der Waals surface area contributed by atoms with Gasteiger partial charge in [0.05, 0.1) is 10.9 Å². The van der Waals surface area contributed by atoms with E-state index in [4.69, 9.17) is 4.98 Å². The van der Waals surface area contributed by atoms with E-state index < -0.39 is 0 Å². The molecular weight excluding hydrogens is 284 g/mol. The normalized spacial score (nSPS) is 19.1. The van der Waals surface area contributed by atoms with Crippen LogP contribution >= 0.6 is 23.1 Å². The largest absolute Gasteiger partial charge is 0.315 e. The zero-order chi connectivity index (χ0) is 13.8. The lowest BCUT2D eigenvalue weighted by molar-refractivity contribution is 0.684. The summed E-state index contributed by atoms with van der Waals surface area (Å²) in [6.45, 7) is 0.902. The molecule has 0 bridgehead atoms. The molecule has 3 rings (SSSR count). The zero-order valence-electron chi connectivity index (χ0n) is 11.8. The Morgan fingerprint density at radius 3 is 2.80 bits per heavy atom. The first kappa shape index (κ1) is 14.1. The Morgan fingerprint density at radius 1 is 1.25 bits per heavy atom. The van der Waals surface area contributed by atoms with Crippen LogP contribution in [0.2, 0.25) is 0 Å². The van der Waals surface area contributed by atoms with Crippen molar-refractivity contribution in [2.24, 2.45) is 0 Å². The van der Waals surface area contributed by atoms with Crippen molar-refractivity contribution < 1.29 is 0 Å². The first-order valence-electron chi connectivity index (χ1n) is 7.19.